The summed E-state index contributed by atoms with van der Waals surface area (Å²) in [5.74, 6) is 0.527. The maximum atomic E-state index is 12.0. The number of piperidine rings is 1. The Bertz CT molecular complexity index is 283. The van der Waals surface area contributed by atoms with Crippen LogP contribution < -0.4 is 0 Å². The molecule has 0 amide bonds. The van der Waals surface area contributed by atoms with E-state index in [0.717, 1.165) is 19.3 Å². The zero-order valence-corrected chi connectivity index (χ0v) is 10.9. The van der Waals surface area contributed by atoms with Gasteiger partial charge in [-0.05, 0) is 57.0 Å². The zero-order chi connectivity index (χ0) is 11.7. The van der Waals surface area contributed by atoms with Crippen molar-refractivity contribution in [3.05, 3.63) is 0 Å². The Labute approximate surface area is 105 Å². The molecule has 3 fully saturated rings. The van der Waals surface area contributed by atoms with Gasteiger partial charge in [0.05, 0.1) is 6.04 Å². The fourth-order valence-electron chi connectivity index (χ4n) is 4.29. The smallest absolute Gasteiger partial charge is 0.149 e. The number of rotatable bonds is 1. The lowest BCUT2D eigenvalue weighted by Crippen LogP contribution is -2.48. The fourth-order valence-corrected chi connectivity index (χ4v) is 4.29. The van der Waals surface area contributed by atoms with Crippen LogP contribution in [-0.2, 0) is 4.79 Å². The highest BCUT2D eigenvalue weighted by atomic mass is 16.1. The molecule has 1 heterocycles. The molecule has 2 heteroatoms. The van der Waals surface area contributed by atoms with Crippen LogP contribution >= 0.6 is 0 Å². The second kappa shape index (κ2) is 4.72. The fraction of sp³-hybridized carbons (Fsp3) is 0.933. The van der Waals surface area contributed by atoms with Gasteiger partial charge in [0.25, 0.3) is 0 Å². The average molecular weight is 235 g/mol. The van der Waals surface area contributed by atoms with Crippen molar-refractivity contribution in [3.63, 3.8) is 0 Å². The van der Waals surface area contributed by atoms with Crippen molar-refractivity contribution in [1.29, 1.82) is 0 Å². The van der Waals surface area contributed by atoms with E-state index in [0.29, 0.717) is 17.2 Å². The van der Waals surface area contributed by atoms with E-state index in [1.54, 1.807) is 0 Å². The number of likely N-dealkylation sites (tertiary alicyclic amines) is 1. The van der Waals surface area contributed by atoms with Crippen LogP contribution in [0.1, 0.15) is 64.2 Å². The van der Waals surface area contributed by atoms with Crippen molar-refractivity contribution in [2.75, 3.05) is 13.1 Å². The van der Waals surface area contributed by atoms with Crippen LogP contribution in [0.2, 0.25) is 0 Å². The van der Waals surface area contributed by atoms with Crippen molar-refractivity contribution in [2.45, 2.75) is 70.3 Å². The van der Waals surface area contributed by atoms with Gasteiger partial charge in [0, 0.05) is 6.42 Å². The average Bonchev–Trinajstić information content (AvgIpc) is 2.80. The zero-order valence-electron chi connectivity index (χ0n) is 10.9. The van der Waals surface area contributed by atoms with Crippen molar-refractivity contribution in [2.24, 2.45) is 5.41 Å². The molecule has 2 nitrogen and oxygen atoms in total. The third-order valence-corrected chi connectivity index (χ3v) is 5.49. The summed E-state index contributed by atoms with van der Waals surface area (Å²) in [4.78, 5) is 14.5. The Morgan fingerprint density at radius 2 is 1.65 bits per heavy atom. The van der Waals surface area contributed by atoms with E-state index in [-0.39, 0.29) is 0 Å². The Morgan fingerprint density at radius 3 is 2.29 bits per heavy atom. The first-order valence-electron chi connectivity index (χ1n) is 7.56. The molecule has 0 aromatic carbocycles. The largest absolute Gasteiger partial charge is 0.298 e. The summed E-state index contributed by atoms with van der Waals surface area (Å²) in [5, 5.41) is 0. The highest BCUT2D eigenvalue weighted by molar-refractivity contribution is 5.84. The van der Waals surface area contributed by atoms with E-state index in [1.165, 1.54) is 58.0 Å². The van der Waals surface area contributed by atoms with Crippen molar-refractivity contribution in [3.8, 4) is 0 Å². The maximum absolute atomic E-state index is 12.0. The third kappa shape index (κ3) is 2.29. The van der Waals surface area contributed by atoms with Crippen LogP contribution in [0, 0.1) is 5.41 Å². The Hall–Kier alpha value is -0.370. The number of nitrogens with zero attached hydrogens (tertiary/aromatic N) is 1. The molecule has 17 heavy (non-hydrogen) atoms. The van der Waals surface area contributed by atoms with E-state index < -0.39 is 0 Å². The molecule has 2 aliphatic carbocycles. The van der Waals surface area contributed by atoms with Crippen LogP contribution in [0.5, 0.6) is 0 Å². The summed E-state index contributed by atoms with van der Waals surface area (Å²) in [6, 6.07) is 0.294. The van der Waals surface area contributed by atoms with Gasteiger partial charge in [-0.15, -0.1) is 0 Å². The Kier molecular flexibility index (Phi) is 3.25. The lowest BCUT2D eigenvalue weighted by molar-refractivity contribution is -0.127. The Morgan fingerprint density at radius 1 is 0.941 bits per heavy atom. The molecule has 0 radical (unpaired) electrons. The summed E-state index contributed by atoms with van der Waals surface area (Å²) in [6.07, 6.45) is 12.9. The second-order valence-electron chi connectivity index (χ2n) is 6.47. The summed E-state index contributed by atoms with van der Waals surface area (Å²) >= 11 is 0. The minimum absolute atomic E-state index is 0.294. The molecule has 1 saturated heterocycles. The highest BCUT2D eigenvalue weighted by Crippen LogP contribution is 2.46. The summed E-state index contributed by atoms with van der Waals surface area (Å²) < 4.78 is 0. The van der Waals surface area contributed by atoms with Crippen LogP contribution in [0.15, 0.2) is 0 Å². The molecule has 3 aliphatic rings. The molecule has 2 saturated carbocycles. The molecule has 96 valence electrons. The Balaban J connectivity index is 1.58. The van der Waals surface area contributed by atoms with Gasteiger partial charge in [0.1, 0.15) is 5.78 Å². The molecule has 3 rings (SSSR count). The van der Waals surface area contributed by atoms with Gasteiger partial charge in [0.15, 0.2) is 0 Å². The molecule has 0 N–H and O–H groups in total. The summed E-state index contributed by atoms with van der Waals surface area (Å²) in [7, 11) is 0. The molecule has 1 spiro atoms. The van der Waals surface area contributed by atoms with E-state index in [9.17, 15) is 4.79 Å². The standard InChI is InChI=1S/C15H25NO/c17-14-6-2-1-5-13(14)16-11-9-15(10-12-16)7-3-4-8-15/h13H,1-12H2. The topological polar surface area (TPSA) is 20.3 Å². The van der Waals surface area contributed by atoms with E-state index in [2.05, 4.69) is 4.90 Å². The maximum Gasteiger partial charge on any atom is 0.149 e. The highest BCUT2D eigenvalue weighted by Gasteiger charge is 2.39. The van der Waals surface area contributed by atoms with Crippen molar-refractivity contribution >= 4 is 5.78 Å². The number of ketones is 1. The van der Waals surface area contributed by atoms with Gasteiger partial charge in [0.2, 0.25) is 0 Å². The number of carbonyl (C=O) groups excluding carboxylic acids is 1. The minimum atomic E-state index is 0.294. The lowest BCUT2D eigenvalue weighted by atomic mass is 9.76. The van der Waals surface area contributed by atoms with Crippen molar-refractivity contribution < 1.29 is 4.79 Å². The van der Waals surface area contributed by atoms with Gasteiger partial charge >= 0.3 is 0 Å². The monoisotopic (exact) mass is 235 g/mol. The molecule has 1 atom stereocenters. The van der Waals surface area contributed by atoms with E-state index in [1.807, 2.05) is 0 Å². The molecule has 0 bridgehead atoms. The molecule has 0 aromatic rings. The van der Waals surface area contributed by atoms with Gasteiger partial charge in [-0.3, -0.25) is 9.69 Å². The number of carbonyl (C=O) groups is 1. The number of Topliss-reactive ketones (excluding diaryl/α,β-unsaturated/α-hetero) is 1. The summed E-state index contributed by atoms with van der Waals surface area (Å²) in [5.41, 5.74) is 0.689. The van der Waals surface area contributed by atoms with Crippen LogP contribution in [0.4, 0.5) is 0 Å². The number of hydrogen-bond donors (Lipinski definition) is 0. The predicted molar refractivity (Wildman–Crippen MR) is 69.0 cm³/mol. The molecular weight excluding hydrogens is 210 g/mol. The first kappa shape index (κ1) is 11.7. The van der Waals surface area contributed by atoms with E-state index in [4.69, 9.17) is 0 Å². The predicted octanol–water partition coefficient (Wildman–Crippen LogP) is 3.15. The number of hydrogen-bond acceptors (Lipinski definition) is 2. The van der Waals surface area contributed by atoms with Gasteiger partial charge in [-0.25, -0.2) is 0 Å². The van der Waals surface area contributed by atoms with Gasteiger partial charge in [-0.2, -0.15) is 0 Å². The second-order valence-corrected chi connectivity index (χ2v) is 6.47. The first-order valence-corrected chi connectivity index (χ1v) is 7.56. The van der Waals surface area contributed by atoms with Crippen LogP contribution in [0.3, 0.4) is 0 Å². The lowest BCUT2D eigenvalue weighted by Gasteiger charge is -2.43. The van der Waals surface area contributed by atoms with E-state index >= 15 is 0 Å². The molecule has 1 aliphatic heterocycles. The summed E-state index contributed by atoms with van der Waals surface area (Å²) in [6.45, 7) is 2.38. The quantitative estimate of drug-likeness (QED) is 0.696. The van der Waals surface area contributed by atoms with Gasteiger partial charge in [-0.1, -0.05) is 19.3 Å². The SMILES string of the molecule is O=C1CCCCC1N1CCC2(CCCC2)CC1. The minimum Gasteiger partial charge on any atom is -0.298 e. The third-order valence-electron chi connectivity index (χ3n) is 5.49. The first-order chi connectivity index (χ1) is 8.29. The normalized spacial score (nSPS) is 34.4. The van der Waals surface area contributed by atoms with Crippen molar-refractivity contribution in [1.82, 2.24) is 4.90 Å². The molecule has 1 unspecified atom stereocenters. The molecular formula is C15H25NO. The van der Waals surface area contributed by atoms with Gasteiger partial charge < -0.3 is 0 Å². The van der Waals surface area contributed by atoms with Crippen LogP contribution in [-0.4, -0.2) is 29.8 Å². The van der Waals surface area contributed by atoms with Crippen LogP contribution in [0.25, 0.3) is 0 Å². The molecule has 0 aromatic heterocycles.